The minimum Gasteiger partial charge on any atom is -0.464 e. The molecule has 5 rings (SSSR count). The van der Waals surface area contributed by atoms with Gasteiger partial charge in [0, 0.05) is 25.4 Å². The molecule has 0 N–H and O–H groups in total. The lowest BCUT2D eigenvalue weighted by Crippen LogP contribution is -1.99. The Labute approximate surface area is 168 Å². The van der Waals surface area contributed by atoms with Crippen LogP contribution in [0.5, 0.6) is 0 Å². The van der Waals surface area contributed by atoms with Crippen molar-refractivity contribution in [1.29, 1.82) is 5.26 Å². The Morgan fingerprint density at radius 3 is 2.46 bits per heavy atom. The number of thiophene rings is 2. The second-order valence-electron chi connectivity index (χ2n) is 6.51. The van der Waals surface area contributed by atoms with Crippen molar-refractivity contribution in [3.05, 3.63) is 75.4 Å². The van der Waals surface area contributed by atoms with Crippen molar-refractivity contribution < 1.29 is 14.0 Å². The van der Waals surface area contributed by atoms with E-state index in [0.29, 0.717) is 22.3 Å². The molecule has 3 heterocycles. The van der Waals surface area contributed by atoms with E-state index in [0.717, 1.165) is 24.9 Å². The first-order valence-electron chi connectivity index (χ1n) is 8.48. The monoisotopic (exact) mass is 401 g/mol. The van der Waals surface area contributed by atoms with Crippen LogP contribution >= 0.6 is 22.7 Å². The van der Waals surface area contributed by atoms with Crippen LogP contribution in [0.15, 0.2) is 52.7 Å². The standard InChI is InChI=1S/C22H11NO3S2/c1-11-5-14-15(6-12(11)10-23)22(25)16(21(14)24)7-13-8-19-20(27-13)9-18(28-19)17-3-2-4-26-17/h2-9H,1H3/b16-7-. The quantitative estimate of drug-likeness (QED) is 0.311. The molecule has 0 amide bonds. The Bertz CT molecular complexity index is 1330. The molecule has 3 aromatic heterocycles. The number of carbonyl (C=O) groups is 2. The summed E-state index contributed by atoms with van der Waals surface area (Å²) in [7, 11) is 0. The van der Waals surface area contributed by atoms with Crippen LogP contribution in [0.1, 0.15) is 36.7 Å². The highest BCUT2D eigenvalue weighted by molar-refractivity contribution is 7.29. The van der Waals surface area contributed by atoms with Crippen LogP contribution in [0.2, 0.25) is 0 Å². The molecule has 0 aliphatic heterocycles. The Morgan fingerprint density at radius 2 is 1.79 bits per heavy atom. The van der Waals surface area contributed by atoms with Crippen LogP contribution in [-0.4, -0.2) is 11.6 Å². The van der Waals surface area contributed by atoms with Crippen LogP contribution in [0, 0.1) is 18.3 Å². The molecule has 0 saturated carbocycles. The molecule has 28 heavy (non-hydrogen) atoms. The molecule has 4 nitrogen and oxygen atoms in total. The van der Waals surface area contributed by atoms with Gasteiger partial charge in [0.05, 0.1) is 28.3 Å². The lowest BCUT2D eigenvalue weighted by Gasteiger charge is -2.00. The van der Waals surface area contributed by atoms with Gasteiger partial charge in [0.25, 0.3) is 0 Å². The van der Waals surface area contributed by atoms with Crippen molar-refractivity contribution in [1.82, 2.24) is 0 Å². The molecule has 0 saturated heterocycles. The van der Waals surface area contributed by atoms with Crippen LogP contribution in [0.25, 0.3) is 26.1 Å². The topological polar surface area (TPSA) is 71.1 Å². The van der Waals surface area contributed by atoms with Crippen molar-refractivity contribution in [2.24, 2.45) is 0 Å². The molecule has 0 fully saturated rings. The van der Waals surface area contributed by atoms with Crippen molar-refractivity contribution in [2.45, 2.75) is 6.92 Å². The minimum atomic E-state index is -0.315. The number of nitriles is 1. The van der Waals surface area contributed by atoms with Gasteiger partial charge in [-0.2, -0.15) is 5.26 Å². The highest BCUT2D eigenvalue weighted by atomic mass is 32.1. The van der Waals surface area contributed by atoms with Crippen molar-refractivity contribution in [3.63, 3.8) is 0 Å². The summed E-state index contributed by atoms with van der Waals surface area (Å²) in [5, 5.41) is 9.19. The molecular weight excluding hydrogens is 390 g/mol. The molecule has 0 spiro atoms. The number of hydrogen-bond donors (Lipinski definition) is 0. The van der Waals surface area contributed by atoms with Gasteiger partial charge < -0.3 is 4.42 Å². The molecule has 1 aliphatic rings. The Morgan fingerprint density at radius 1 is 1.04 bits per heavy atom. The Hall–Kier alpha value is -3.27. The van der Waals surface area contributed by atoms with E-state index in [1.54, 1.807) is 36.7 Å². The Balaban J connectivity index is 1.54. The van der Waals surface area contributed by atoms with Crippen LogP contribution in [-0.2, 0) is 0 Å². The lowest BCUT2D eigenvalue weighted by molar-refractivity contribution is 0.0990. The number of fused-ring (bicyclic) bond motifs is 2. The highest BCUT2D eigenvalue weighted by Gasteiger charge is 2.34. The molecule has 1 aromatic carbocycles. The van der Waals surface area contributed by atoms with Gasteiger partial charge in [-0.1, -0.05) is 0 Å². The molecular formula is C22H11NO3S2. The van der Waals surface area contributed by atoms with Crippen molar-refractivity contribution >= 4 is 49.7 Å². The molecule has 0 radical (unpaired) electrons. The summed E-state index contributed by atoms with van der Waals surface area (Å²) in [6, 6.07) is 13.0. The number of ketones is 2. The van der Waals surface area contributed by atoms with Gasteiger partial charge in [-0.3, -0.25) is 9.59 Å². The van der Waals surface area contributed by atoms with Crippen LogP contribution in [0.3, 0.4) is 0 Å². The van der Waals surface area contributed by atoms with Gasteiger partial charge in [0.15, 0.2) is 11.6 Å². The molecule has 0 atom stereocenters. The van der Waals surface area contributed by atoms with Crippen LogP contribution < -0.4 is 0 Å². The largest absolute Gasteiger partial charge is 0.464 e. The second-order valence-corrected chi connectivity index (χ2v) is 8.71. The summed E-state index contributed by atoms with van der Waals surface area (Å²) in [5.74, 6) is 0.235. The Kier molecular flexibility index (Phi) is 3.69. The van der Waals surface area contributed by atoms with E-state index in [1.807, 2.05) is 18.2 Å². The molecule has 6 heteroatoms. The normalized spacial score (nSPS) is 14.8. The van der Waals surface area contributed by atoms with Gasteiger partial charge in [0.1, 0.15) is 5.76 Å². The fourth-order valence-corrected chi connectivity index (χ4v) is 5.66. The van der Waals surface area contributed by atoms with Gasteiger partial charge in [-0.15, -0.1) is 22.7 Å². The van der Waals surface area contributed by atoms with Gasteiger partial charge in [-0.25, -0.2) is 0 Å². The summed E-state index contributed by atoms with van der Waals surface area (Å²) in [6.45, 7) is 1.77. The predicted octanol–water partition coefficient (Wildman–Crippen LogP) is 5.87. The number of Topliss-reactive ketones (excluding diaryl/α,β-unsaturated/α-hetero) is 2. The number of allylic oxidation sites excluding steroid dienone is 1. The van der Waals surface area contributed by atoms with E-state index < -0.39 is 0 Å². The average molecular weight is 401 g/mol. The first-order valence-corrected chi connectivity index (χ1v) is 10.1. The lowest BCUT2D eigenvalue weighted by atomic mass is 10.0. The number of aryl methyl sites for hydroxylation is 1. The number of rotatable bonds is 2. The zero-order valence-corrected chi connectivity index (χ0v) is 16.2. The first-order chi connectivity index (χ1) is 13.5. The fourth-order valence-electron chi connectivity index (χ4n) is 3.34. The fraction of sp³-hybridized carbons (Fsp3) is 0.0455. The molecule has 134 valence electrons. The summed E-state index contributed by atoms with van der Waals surface area (Å²) in [6.07, 6.45) is 3.31. The second kappa shape index (κ2) is 6.13. The smallest absolute Gasteiger partial charge is 0.197 e. The van der Waals surface area contributed by atoms with E-state index >= 15 is 0 Å². The predicted molar refractivity (Wildman–Crippen MR) is 110 cm³/mol. The maximum Gasteiger partial charge on any atom is 0.197 e. The number of carbonyl (C=O) groups excluding carboxylic acids is 2. The summed E-state index contributed by atoms with van der Waals surface area (Å²) in [4.78, 5) is 27.4. The van der Waals surface area contributed by atoms with Gasteiger partial charge in [0.2, 0.25) is 0 Å². The van der Waals surface area contributed by atoms with E-state index in [4.69, 9.17) is 4.42 Å². The summed E-state index contributed by atoms with van der Waals surface area (Å²) >= 11 is 3.14. The zero-order valence-electron chi connectivity index (χ0n) is 14.6. The van der Waals surface area contributed by atoms with Gasteiger partial charge in [-0.05, 0) is 55.0 Å². The number of nitrogens with zero attached hydrogens (tertiary/aromatic N) is 1. The van der Waals surface area contributed by atoms with Crippen molar-refractivity contribution in [3.8, 4) is 16.7 Å². The highest BCUT2D eigenvalue weighted by Crippen LogP contribution is 2.40. The molecule has 0 bridgehead atoms. The van der Waals surface area contributed by atoms with Gasteiger partial charge >= 0.3 is 0 Å². The van der Waals surface area contributed by atoms with Crippen molar-refractivity contribution in [2.75, 3.05) is 0 Å². The summed E-state index contributed by atoms with van der Waals surface area (Å²) < 4.78 is 7.61. The van der Waals surface area contributed by atoms with E-state index in [9.17, 15) is 14.9 Å². The van der Waals surface area contributed by atoms with Crippen LogP contribution in [0.4, 0.5) is 0 Å². The third-order valence-corrected chi connectivity index (χ3v) is 7.00. The maximum atomic E-state index is 12.8. The van der Waals surface area contributed by atoms with E-state index in [-0.39, 0.29) is 17.1 Å². The number of hydrogen-bond acceptors (Lipinski definition) is 6. The SMILES string of the molecule is Cc1cc2c(cc1C#N)C(=O)/C(=C\c1cc3sc(-c4ccco4)cc3s1)C2=O. The molecule has 4 aromatic rings. The third kappa shape index (κ3) is 2.48. The number of benzene rings is 1. The number of furan rings is 1. The maximum absolute atomic E-state index is 12.8. The minimum absolute atomic E-state index is 0.157. The molecule has 0 unspecified atom stereocenters. The zero-order chi connectivity index (χ0) is 19.4. The average Bonchev–Trinajstić information content (AvgIpc) is 3.43. The molecule has 1 aliphatic carbocycles. The third-order valence-electron chi connectivity index (χ3n) is 4.74. The van der Waals surface area contributed by atoms with E-state index in [1.165, 1.54) is 17.4 Å². The summed E-state index contributed by atoms with van der Waals surface area (Å²) in [5.41, 5.74) is 1.97. The van der Waals surface area contributed by atoms with E-state index in [2.05, 4.69) is 12.1 Å². The first kappa shape index (κ1) is 16.9.